The number of anilines is 2. The van der Waals surface area contributed by atoms with E-state index in [4.69, 9.17) is 5.73 Å². The number of nitrogens with two attached hydrogens (primary N) is 1. The second-order valence-corrected chi connectivity index (χ2v) is 6.68. The molecule has 0 unspecified atom stereocenters. The molecular formula is C18H15N7OS. The van der Waals surface area contributed by atoms with Crippen molar-refractivity contribution in [2.45, 2.75) is 0 Å². The van der Waals surface area contributed by atoms with Crippen LogP contribution in [0.4, 0.5) is 11.5 Å². The summed E-state index contributed by atoms with van der Waals surface area (Å²) in [5.74, 6) is -0.0857. The Bertz CT molecular complexity index is 1090. The van der Waals surface area contributed by atoms with Gasteiger partial charge in [-0.2, -0.15) is 5.10 Å². The summed E-state index contributed by atoms with van der Waals surface area (Å²) >= 11 is 1.46. The number of aromatic nitrogens is 5. The topological polar surface area (TPSA) is 112 Å². The van der Waals surface area contributed by atoms with Gasteiger partial charge in [0.1, 0.15) is 5.69 Å². The van der Waals surface area contributed by atoms with Crippen LogP contribution < -0.4 is 11.1 Å². The molecule has 9 heteroatoms. The van der Waals surface area contributed by atoms with E-state index < -0.39 is 0 Å². The lowest BCUT2D eigenvalue weighted by Crippen LogP contribution is -2.16. The number of pyridine rings is 2. The molecule has 0 fully saturated rings. The molecular weight excluding hydrogens is 362 g/mol. The van der Waals surface area contributed by atoms with Gasteiger partial charge in [0.25, 0.3) is 5.91 Å². The second-order valence-electron chi connectivity index (χ2n) is 5.79. The van der Waals surface area contributed by atoms with Gasteiger partial charge < -0.3 is 11.1 Å². The molecule has 0 radical (unpaired) electrons. The summed E-state index contributed by atoms with van der Waals surface area (Å²) < 4.78 is 1.71. The van der Waals surface area contributed by atoms with Crippen molar-refractivity contribution in [1.29, 1.82) is 0 Å². The van der Waals surface area contributed by atoms with Crippen molar-refractivity contribution < 1.29 is 4.79 Å². The SMILES string of the molecule is Cn1cc(-c2ccc(C(=O)Nc3nc(-c4cncs4)ccc3N)nc2)cn1. The lowest BCUT2D eigenvalue weighted by molar-refractivity contribution is 0.102. The van der Waals surface area contributed by atoms with Gasteiger partial charge in [0.05, 0.1) is 28.0 Å². The normalized spacial score (nSPS) is 10.7. The zero-order valence-electron chi connectivity index (χ0n) is 14.3. The van der Waals surface area contributed by atoms with Gasteiger partial charge in [0.2, 0.25) is 0 Å². The van der Waals surface area contributed by atoms with Crippen LogP contribution in [-0.2, 0) is 7.05 Å². The Morgan fingerprint density at radius 2 is 2.04 bits per heavy atom. The van der Waals surface area contributed by atoms with Crippen molar-refractivity contribution >= 4 is 28.7 Å². The first-order valence-corrected chi connectivity index (χ1v) is 8.90. The predicted octanol–water partition coefficient (Wildman–Crippen LogP) is 2.84. The molecule has 4 aromatic rings. The Kier molecular flexibility index (Phi) is 4.35. The van der Waals surface area contributed by atoms with Crippen LogP contribution in [0, 0.1) is 0 Å². The van der Waals surface area contributed by atoms with Crippen molar-refractivity contribution in [1.82, 2.24) is 24.7 Å². The van der Waals surface area contributed by atoms with Crippen molar-refractivity contribution in [3.8, 4) is 21.7 Å². The lowest BCUT2D eigenvalue weighted by Gasteiger charge is -2.08. The molecule has 3 N–H and O–H groups in total. The van der Waals surface area contributed by atoms with Crippen LogP contribution in [0.3, 0.4) is 0 Å². The Morgan fingerprint density at radius 3 is 2.70 bits per heavy atom. The average molecular weight is 377 g/mol. The van der Waals surface area contributed by atoms with E-state index in [1.807, 2.05) is 19.3 Å². The minimum atomic E-state index is -0.381. The van der Waals surface area contributed by atoms with Gasteiger partial charge in [-0.15, -0.1) is 11.3 Å². The highest BCUT2D eigenvalue weighted by molar-refractivity contribution is 7.13. The van der Waals surface area contributed by atoms with Crippen LogP contribution >= 0.6 is 11.3 Å². The molecule has 1 amide bonds. The summed E-state index contributed by atoms with van der Waals surface area (Å²) in [6.07, 6.45) is 6.97. The number of amides is 1. The lowest BCUT2D eigenvalue weighted by atomic mass is 10.1. The molecule has 0 aliphatic rings. The summed E-state index contributed by atoms with van der Waals surface area (Å²) in [5, 5.41) is 6.85. The molecule has 4 rings (SSSR count). The summed E-state index contributed by atoms with van der Waals surface area (Å²) in [7, 11) is 1.84. The highest BCUT2D eigenvalue weighted by Gasteiger charge is 2.13. The average Bonchev–Trinajstić information content (AvgIpc) is 3.35. The van der Waals surface area contributed by atoms with Crippen LogP contribution in [0.2, 0.25) is 0 Å². The first-order valence-electron chi connectivity index (χ1n) is 8.02. The molecule has 0 spiro atoms. The van der Waals surface area contributed by atoms with E-state index in [1.165, 1.54) is 11.3 Å². The minimum Gasteiger partial charge on any atom is -0.396 e. The van der Waals surface area contributed by atoms with Gasteiger partial charge in [0.15, 0.2) is 5.82 Å². The van der Waals surface area contributed by atoms with Crippen molar-refractivity contribution in [3.05, 3.63) is 60.3 Å². The van der Waals surface area contributed by atoms with E-state index in [2.05, 4.69) is 25.4 Å². The second kappa shape index (κ2) is 6.96. The first kappa shape index (κ1) is 16.9. The first-order chi connectivity index (χ1) is 13.1. The molecule has 0 aromatic carbocycles. The van der Waals surface area contributed by atoms with Gasteiger partial charge in [0, 0.05) is 36.8 Å². The largest absolute Gasteiger partial charge is 0.396 e. The molecule has 0 bridgehead atoms. The van der Waals surface area contributed by atoms with E-state index >= 15 is 0 Å². The zero-order chi connectivity index (χ0) is 18.8. The van der Waals surface area contributed by atoms with Crippen molar-refractivity contribution in [3.63, 3.8) is 0 Å². The quantitative estimate of drug-likeness (QED) is 0.566. The summed E-state index contributed by atoms with van der Waals surface area (Å²) in [5.41, 5.74) is 10.8. The Hall–Kier alpha value is -3.59. The minimum absolute atomic E-state index is 0.270. The number of thiazole rings is 1. The molecule has 0 saturated carbocycles. The number of carbonyl (C=O) groups is 1. The van der Waals surface area contributed by atoms with Crippen LogP contribution in [0.1, 0.15) is 10.5 Å². The van der Waals surface area contributed by atoms with E-state index in [-0.39, 0.29) is 11.6 Å². The summed E-state index contributed by atoms with van der Waals surface area (Å²) in [6, 6.07) is 6.97. The molecule has 8 nitrogen and oxygen atoms in total. The standard InChI is InChI=1S/C18H15N7OS/c1-25-9-12(7-22-25)11-2-4-15(21-6-11)18(26)24-17-13(19)3-5-14(23-17)16-8-20-10-27-16/h2-10H,19H2,1H3,(H,23,24,26). The fourth-order valence-corrected chi connectivity index (χ4v) is 3.08. The fourth-order valence-electron chi connectivity index (χ4n) is 2.49. The smallest absolute Gasteiger partial charge is 0.275 e. The highest BCUT2D eigenvalue weighted by Crippen LogP contribution is 2.26. The van der Waals surface area contributed by atoms with E-state index in [9.17, 15) is 4.79 Å². The summed E-state index contributed by atoms with van der Waals surface area (Å²) in [6.45, 7) is 0. The molecule has 134 valence electrons. The van der Waals surface area contributed by atoms with Crippen LogP contribution in [0.25, 0.3) is 21.7 Å². The molecule has 0 atom stereocenters. The fraction of sp³-hybridized carbons (Fsp3) is 0.0556. The Labute approximate surface area is 158 Å². The van der Waals surface area contributed by atoms with E-state index in [0.717, 1.165) is 16.0 Å². The van der Waals surface area contributed by atoms with Gasteiger partial charge >= 0.3 is 0 Å². The molecule has 0 saturated heterocycles. The van der Waals surface area contributed by atoms with Gasteiger partial charge in [-0.05, 0) is 18.2 Å². The van der Waals surface area contributed by atoms with E-state index in [1.54, 1.807) is 47.0 Å². The number of hydrogen-bond donors (Lipinski definition) is 2. The van der Waals surface area contributed by atoms with Crippen LogP contribution in [0.15, 0.2) is 54.6 Å². The Balaban J connectivity index is 1.54. The summed E-state index contributed by atoms with van der Waals surface area (Å²) in [4.78, 5) is 26.1. The number of hydrogen-bond acceptors (Lipinski definition) is 7. The number of rotatable bonds is 4. The number of aryl methyl sites for hydroxylation is 1. The monoisotopic (exact) mass is 377 g/mol. The maximum absolute atomic E-state index is 12.5. The number of nitrogen functional groups attached to an aromatic ring is 1. The molecule has 0 aliphatic heterocycles. The predicted molar refractivity (Wildman–Crippen MR) is 104 cm³/mol. The zero-order valence-corrected chi connectivity index (χ0v) is 15.1. The van der Waals surface area contributed by atoms with Crippen molar-refractivity contribution in [2.75, 3.05) is 11.1 Å². The third kappa shape index (κ3) is 3.53. The van der Waals surface area contributed by atoms with Gasteiger partial charge in [-0.3, -0.25) is 19.4 Å². The van der Waals surface area contributed by atoms with Gasteiger partial charge in [-0.1, -0.05) is 6.07 Å². The number of nitrogens with zero attached hydrogens (tertiary/aromatic N) is 5. The highest BCUT2D eigenvalue weighted by atomic mass is 32.1. The van der Waals surface area contributed by atoms with E-state index in [0.29, 0.717) is 17.2 Å². The van der Waals surface area contributed by atoms with Gasteiger partial charge in [-0.25, -0.2) is 4.98 Å². The number of carbonyl (C=O) groups excluding carboxylic acids is 1. The Morgan fingerprint density at radius 1 is 1.15 bits per heavy atom. The molecule has 0 aliphatic carbocycles. The maximum atomic E-state index is 12.5. The van der Waals surface area contributed by atoms with Crippen LogP contribution in [0.5, 0.6) is 0 Å². The third-order valence-electron chi connectivity index (χ3n) is 3.88. The van der Waals surface area contributed by atoms with Crippen LogP contribution in [-0.4, -0.2) is 30.6 Å². The molecule has 27 heavy (non-hydrogen) atoms. The molecule has 4 heterocycles. The van der Waals surface area contributed by atoms with Crippen molar-refractivity contribution in [2.24, 2.45) is 7.05 Å². The molecule has 4 aromatic heterocycles. The number of nitrogens with one attached hydrogen (secondary N) is 1. The maximum Gasteiger partial charge on any atom is 0.275 e. The third-order valence-corrected chi connectivity index (χ3v) is 4.67.